The number of hydrogen-bond donors (Lipinski definition) is 2. The number of aliphatic hydroxyl groups is 2. The third-order valence-corrected chi connectivity index (χ3v) is 4.63. The Hall–Kier alpha value is -1.98. The Labute approximate surface area is 203 Å². The van der Waals surface area contributed by atoms with Crippen LogP contribution in [0.2, 0.25) is 0 Å². The minimum absolute atomic E-state index is 0.0125. The van der Waals surface area contributed by atoms with E-state index in [1.54, 1.807) is 0 Å². The van der Waals surface area contributed by atoms with E-state index in [1.807, 2.05) is 12.1 Å². The summed E-state index contributed by atoms with van der Waals surface area (Å²) in [6.07, 6.45) is 12.8. The molecule has 1 aromatic carbocycles. The molecule has 0 aliphatic carbocycles. The molecule has 0 aliphatic heterocycles. The second-order valence-electron chi connectivity index (χ2n) is 7.08. The molecule has 34 heavy (non-hydrogen) atoms. The number of benzene rings is 1. The van der Waals surface area contributed by atoms with Gasteiger partial charge in [0.2, 0.25) is 0 Å². The van der Waals surface area contributed by atoms with E-state index >= 15 is 0 Å². The van der Waals surface area contributed by atoms with Crippen molar-refractivity contribution in [3.63, 3.8) is 0 Å². The molecule has 8 heteroatoms. The van der Waals surface area contributed by atoms with Crippen molar-refractivity contribution < 1.29 is 38.6 Å². The predicted octanol–water partition coefficient (Wildman–Crippen LogP) is 0.818. The van der Waals surface area contributed by atoms with E-state index in [0.717, 1.165) is 22.3 Å². The molecule has 0 saturated heterocycles. The van der Waals surface area contributed by atoms with Crippen LogP contribution in [-0.4, -0.2) is 103 Å². The summed E-state index contributed by atoms with van der Waals surface area (Å²) in [4.78, 5) is 0. The molecule has 0 atom stereocenters. The zero-order valence-electron chi connectivity index (χ0n) is 20.0. The predicted molar refractivity (Wildman–Crippen MR) is 129 cm³/mol. The highest BCUT2D eigenvalue weighted by molar-refractivity contribution is 5.51. The van der Waals surface area contributed by atoms with Gasteiger partial charge in [0.25, 0.3) is 0 Å². The topological polar surface area (TPSA) is 95.8 Å². The maximum atomic E-state index is 8.62. The average Bonchev–Trinajstić information content (AvgIpc) is 2.86. The van der Waals surface area contributed by atoms with Gasteiger partial charge in [0, 0.05) is 11.1 Å². The van der Waals surface area contributed by atoms with Gasteiger partial charge in [0.1, 0.15) is 0 Å². The lowest BCUT2D eigenvalue weighted by Crippen LogP contribution is -2.12. The highest BCUT2D eigenvalue weighted by Crippen LogP contribution is 2.18. The summed E-state index contributed by atoms with van der Waals surface area (Å²) in [7, 11) is 0. The van der Waals surface area contributed by atoms with Crippen molar-refractivity contribution >= 4 is 0 Å². The van der Waals surface area contributed by atoms with Gasteiger partial charge in [-0.1, -0.05) is 11.8 Å². The lowest BCUT2D eigenvalue weighted by atomic mass is 9.95. The molecule has 0 spiro atoms. The Morgan fingerprint density at radius 3 is 1.09 bits per heavy atom. The minimum atomic E-state index is 0.0125. The van der Waals surface area contributed by atoms with E-state index in [0.29, 0.717) is 92.1 Å². The van der Waals surface area contributed by atoms with Crippen LogP contribution in [-0.2, 0) is 41.3 Å². The number of terminal acetylenes is 2. The molecule has 0 unspecified atom stereocenters. The highest BCUT2D eigenvalue weighted by Gasteiger charge is 2.08. The summed E-state index contributed by atoms with van der Waals surface area (Å²) in [5.74, 6) is 5.49. The molecule has 0 radical (unpaired) electrons. The van der Waals surface area contributed by atoms with Crippen molar-refractivity contribution in [1.82, 2.24) is 0 Å². The summed E-state index contributed by atoms with van der Waals surface area (Å²) in [6.45, 7) is 5.42. The molecule has 8 nitrogen and oxygen atoms in total. The third-order valence-electron chi connectivity index (χ3n) is 4.63. The van der Waals surface area contributed by atoms with Gasteiger partial charge in [-0.05, 0) is 36.1 Å². The summed E-state index contributed by atoms with van der Waals surface area (Å²) >= 11 is 0. The van der Waals surface area contributed by atoms with Gasteiger partial charge in [0.15, 0.2) is 0 Å². The summed E-state index contributed by atoms with van der Waals surface area (Å²) in [6, 6.07) is 3.91. The Morgan fingerprint density at radius 2 is 0.794 bits per heavy atom. The van der Waals surface area contributed by atoms with Gasteiger partial charge >= 0.3 is 0 Å². The molecule has 0 aromatic heterocycles. The molecular weight excluding hydrogens is 440 g/mol. The first kappa shape index (κ1) is 30.1. The third kappa shape index (κ3) is 14.3. The molecule has 0 amide bonds. The smallest absolute Gasteiger partial charge is 0.0701 e. The fraction of sp³-hybridized carbons (Fsp3) is 0.615. The average molecular weight is 479 g/mol. The minimum Gasteiger partial charge on any atom is -0.394 e. The molecule has 0 saturated carbocycles. The van der Waals surface area contributed by atoms with Crippen molar-refractivity contribution in [2.24, 2.45) is 0 Å². The molecule has 190 valence electrons. The van der Waals surface area contributed by atoms with Gasteiger partial charge in [0.05, 0.1) is 92.5 Å². The largest absolute Gasteiger partial charge is 0.394 e. The van der Waals surface area contributed by atoms with E-state index in [1.165, 1.54) is 0 Å². The van der Waals surface area contributed by atoms with Crippen LogP contribution < -0.4 is 0 Å². The van der Waals surface area contributed by atoms with Gasteiger partial charge in [-0.25, -0.2) is 0 Å². The van der Waals surface area contributed by atoms with Crippen LogP contribution in [0.3, 0.4) is 0 Å². The van der Waals surface area contributed by atoms with E-state index in [-0.39, 0.29) is 13.2 Å². The number of ether oxygens (including phenoxy) is 6. The van der Waals surface area contributed by atoms with E-state index in [2.05, 4.69) is 11.8 Å². The van der Waals surface area contributed by atoms with Gasteiger partial charge in [-0.2, -0.15) is 0 Å². The van der Waals surface area contributed by atoms with E-state index in [9.17, 15) is 0 Å². The highest BCUT2D eigenvalue weighted by atomic mass is 16.6. The van der Waals surface area contributed by atoms with Gasteiger partial charge < -0.3 is 38.6 Å². The fourth-order valence-corrected chi connectivity index (χ4v) is 2.95. The fourth-order valence-electron chi connectivity index (χ4n) is 2.95. The first-order chi connectivity index (χ1) is 16.8. The molecule has 0 fully saturated rings. The number of rotatable bonds is 22. The quantitative estimate of drug-likeness (QED) is 0.187. The SMILES string of the molecule is C#Cc1cc(CCOCCOCCOCCO)c(C#C)cc1CCOCCOCCOCCO. The van der Waals surface area contributed by atoms with Crippen molar-refractivity contribution in [1.29, 1.82) is 0 Å². The summed E-state index contributed by atoms with van der Waals surface area (Å²) in [5.41, 5.74) is 3.58. The van der Waals surface area contributed by atoms with Gasteiger partial charge in [-0.3, -0.25) is 0 Å². The molecule has 1 rings (SSSR count). The molecule has 2 N–H and O–H groups in total. The zero-order chi connectivity index (χ0) is 24.7. The van der Waals surface area contributed by atoms with E-state index < -0.39 is 0 Å². The summed E-state index contributed by atoms with van der Waals surface area (Å²) in [5, 5.41) is 17.2. The monoisotopic (exact) mass is 478 g/mol. The standard InChI is InChI=1S/C26H38O8/c1-3-23-21-26(6-10-30-14-18-34-20-16-32-12-8-28)24(4-2)22-25(23)5-9-29-13-17-33-19-15-31-11-7-27/h1-2,21-22,27-28H,5-20H2. The number of aliphatic hydroxyl groups excluding tert-OH is 2. The second-order valence-corrected chi connectivity index (χ2v) is 7.08. The Bertz CT molecular complexity index is 661. The molecule has 0 heterocycles. The Kier molecular flexibility index (Phi) is 19.0. The Morgan fingerprint density at radius 1 is 0.500 bits per heavy atom. The normalized spacial score (nSPS) is 10.8. The van der Waals surface area contributed by atoms with Crippen molar-refractivity contribution in [2.45, 2.75) is 12.8 Å². The van der Waals surface area contributed by atoms with E-state index in [4.69, 9.17) is 51.5 Å². The Balaban J connectivity index is 2.29. The molecule has 0 aliphatic rings. The van der Waals surface area contributed by atoms with Crippen LogP contribution in [0.25, 0.3) is 0 Å². The van der Waals surface area contributed by atoms with Crippen LogP contribution in [0.4, 0.5) is 0 Å². The number of hydrogen-bond acceptors (Lipinski definition) is 8. The lowest BCUT2D eigenvalue weighted by Gasteiger charge is -2.12. The van der Waals surface area contributed by atoms with Crippen molar-refractivity contribution in [2.75, 3.05) is 92.5 Å². The first-order valence-corrected chi connectivity index (χ1v) is 11.5. The van der Waals surface area contributed by atoms with Crippen LogP contribution in [0.5, 0.6) is 0 Å². The van der Waals surface area contributed by atoms with Crippen molar-refractivity contribution in [3.05, 3.63) is 34.4 Å². The molecule has 0 bridgehead atoms. The maximum absolute atomic E-state index is 8.62. The molecule has 1 aromatic rings. The molecular formula is C26H38O8. The maximum Gasteiger partial charge on any atom is 0.0701 e. The van der Waals surface area contributed by atoms with Crippen LogP contribution in [0, 0.1) is 24.7 Å². The summed E-state index contributed by atoms with van der Waals surface area (Å²) < 4.78 is 32.3. The van der Waals surface area contributed by atoms with Gasteiger partial charge in [-0.15, -0.1) is 12.8 Å². The zero-order valence-corrected chi connectivity index (χ0v) is 20.0. The van der Waals surface area contributed by atoms with Crippen molar-refractivity contribution in [3.8, 4) is 24.7 Å². The van der Waals surface area contributed by atoms with Crippen LogP contribution in [0.1, 0.15) is 22.3 Å². The second kappa shape index (κ2) is 21.5. The van der Waals surface area contributed by atoms with Crippen LogP contribution >= 0.6 is 0 Å². The lowest BCUT2D eigenvalue weighted by molar-refractivity contribution is 0.00810. The first-order valence-electron chi connectivity index (χ1n) is 11.5. The van der Waals surface area contributed by atoms with Crippen LogP contribution in [0.15, 0.2) is 12.1 Å².